The van der Waals surface area contributed by atoms with Gasteiger partial charge in [0.1, 0.15) is 6.61 Å². The van der Waals surface area contributed by atoms with E-state index in [2.05, 4.69) is 4.98 Å². The number of ether oxygens (including phenoxy) is 1. The van der Waals surface area contributed by atoms with E-state index in [1.165, 1.54) is 4.90 Å². The SMILES string of the molecule is N#CCCN(Cc1cccnc1)C(=O)OCc1ccccc1. The summed E-state index contributed by atoms with van der Waals surface area (Å²) in [5, 5.41) is 8.73. The third-order valence-electron chi connectivity index (χ3n) is 3.05. The first-order chi connectivity index (χ1) is 10.8. The average Bonchev–Trinajstić information content (AvgIpc) is 2.58. The molecule has 0 atom stereocenters. The van der Waals surface area contributed by atoms with Gasteiger partial charge in [0.2, 0.25) is 0 Å². The smallest absolute Gasteiger partial charge is 0.410 e. The number of hydrogen-bond acceptors (Lipinski definition) is 4. The molecule has 0 fully saturated rings. The summed E-state index contributed by atoms with van der Waals surface area (Å²) in [5.41, 5.74) is 1.83. The Labute approximate surface area is 129 Å². The molecule has 112 valence electrons. The summed E-state index contributed by atoms with van der Waals surface area (Å²) in [6.07, 6.45) is 3.21. The van der Waals surface area contributed by atoms with Crippen LogP contribution in [0.5, 0.6) is 0 Å². The van der Waals surface area contributed by atoms with Crippen molar-refractivity contribution < 1.29 is 9.53 Å². The fourth-order valence-corrected chi connectivity index (χ4v) is 1.94. The molecule has 0 bridgehead atoms. The van der Waals surface area contributed by atoms with E-state index >= 15 is 0 Å². The Morgan fingerprint density at radius 1 is 1.18 bits per heavy atom. The van der Waals surface area contributed by atoms with Crippen LogP contribution in [0.1, 0.15) is 17.5 Å². The zero-order chi connectivity index (χ0) is 15.6. The predicted octanol–water partition coefficient (Wildman–Crippen LogP) is 3.13. The van der Waals surface area contributed by atoms with E-state index in [1.807, 2.05) is 48.5 Å². The van der Waals surface area contributed by atoms with Crippen LogP contribution in [0.2, 0.25) is 0 Å². The molecule has 0 spiro atoms. The molecular formula is C17H17N3O2. The van der Waals surface area contributed by atoms with Crippen LogP contribution in [0.25, 0.3) is 0 Å². The van der Waals surface area contributed by atoms with Crippen LogP contribution in [-0.4, -0.2) is 22.5 Å². The minimum atomic E-state index is -0.428. The standard InChI is InChI=1S/C17H17N3O2/c18-9-5-11-20(13-16-8-4-10-19-12-16)17(21)22-14-15-6-2-1-3-7-15/h1-4,6-8,10,12H,5,11,13-14H2. The van der Waals surface area contributed by atoms with Crippen molar-refractivity contribution in [2.24, 2.45) is 0 Å². The van der Waals surface area contributed by atoms with Crippen LogP contribution in [0.15, 0.2) is 54.9 Å². The molecular weight excluding hydrogens is 278 g/mol. The minimum absolute atomic E-state index is 0.218. The number of carbonyl (C=O) groups excluding carboxylic acids is 1. The topological polar surface area (TPSA) is 66.2 Å². The Balaban J connectivity index is 1.95. The summed E-state index contributed by atoms with van der Waals surface area (Å²) in [4.78, 5) is 17.7. The molecule has 2 rings (SSSR count). The Morgan fingerprint density at radius 2 is 1.95 bits per heavy atom. The quantitative estimate of drug-likeness (QED) is 0.821. The Hall–Kier alpha value is -2.87. The first-order valence-electron chi connectivity index (χ1n) is 7.01. The monoisotopic (exact) mass is 295 g/mol. The van der Waals surface area contributed by atoms with Gasteiger partial charge < -0.3 is 9.64 Å². The third kappa shape index (κ3) is 4.91. The zero-order valence-corrected chi connectivity index (χ0v) is 12.2. The van der Waals surface area contributed by atoms with E-state index in [0.29, 0.717) is 13.1 Å². The van der Waals surface area contributed by atoms with Gasteiger partial charge in [0, 0.05) is 18.9 Å². The van der Waals surface area contributed by atoms with Crippen LogP contribution in [0.3, 0.4) is 0 Å². The highest BCUT2D eigenvalue weighted by Gasteiger charge is 2.15. The van der Waals surface area contributed by atoms with E-state index in [9.17, 15) is 4.79 Å². The number of benzene rings is 1. The molecule has 2 aromatic rings. The van der Waals surface area contributed by atoms with Crippen molar-refractivity contribution in [2.75, 3.05) is 6.54 Å². The molecule has 1 amide bonds. The number of nitriles is 1. The molecule has 0 saturated heterocycles. The molecule has 0 aliphatic rings. The maximum absolute atomic E-state index is 12.2. The summed E-state index contributed by atoms with van der Waals surface area (Å²) in [7, 11) is 0. The van der Waals surface area contributed by atoms with Crippen LogP contribution in [0, 0.1) is 11.3 Å². The van der Waals surface area contributed by atoms with Gasteiger partial charge in [0.25, 0.3) is 0 Å². The molecule has 0 radical (unpaired) electrons. The van der Waals surface area contributed by atoms with Crippen molar-refractivity contribution >= 4 is 6.09 Å². The molecule has 5 nitrogen and oxygen atoms in total. The van der Waals surface area contributed by atoms with Crippen molar-refractivity contribution in [3.05, 3.63) is 66.0 Å². The van der Waals surface area contributed by atoms with Gasteiger partial charge >= 0.3 is 6.09 Å². The molecule has 1 aromatic heterocycles. The number of nitrogens with zero attached hydrogens (tertiary/aromatic N) is 3. The largest absolute Gasteiger partial charge is 0.445 e. The molecule has 0 unspecified atom stereocenters. The number of rotatable bonds is 6. The maximum atomic E-state index is 12.2. The van der Waals surface area contributed by atoms with Crippen molar-refractivity contribution in [2.45, 2.75) is 19.6 Å². The van der Waals surface area contributed by atoms with E-state index in [-0.39, 0.29) is 13.0 Å². The summed E-state index contributed by atoms with van der Waals surface area (Å²) in [5.74, 6) is 0. The fourth-order valence-electron chi connectivity index (χ4n) is 1.94. The lowest BCUT2D eigenvalue weighted by Gasteiger charge is -2.21. The highest BCUT2D eigenvalue weighted by Crippen LogP contribution is 2.08. The lowest BCUT2D eigenvalue weighted by atomic mass is 10.2. The van der Waals surface area contributed by atoms with E-state index in [4.69, 9.17) is 10.00 Å². The molecule has 1 heterocycles. The number of aromatic nitrogens is 1. The Kier molecular flexibility index (Phi) is 5.94. The summed E-state index contributed by atoms with van der Waals surface area (Å²) < 4.78 is 5.32. The highest BCUT2D eigenvalue weighted by atomic mass is 16.6. The number of carbonyl (C=O) groups is 1. The van der Waals surface area contributed by atoms with Crippen molar-refractivity contribution in [3.63, 3.8) is 0 Å². The molecule has 1 aromatic carbocycles. The van der Waals surface area contributed by atoms with Crippen molar-refractivity contribution in [1.82, 2.24) is 9.88 Å². The number of pyridine rings is 1. The third-order valence-corrected chi connectivity index (χ3v) is 3.05. The fraction of sp³-hybridized carbons (Fsp3) is 0.235. The van der Waals surface area contributed by atoms with Gasteiger partial charge in [0.05, 0.1) is 19.0 Å². The van der Waals surface area contributed by atoms with Crippen molar-refractivity contribution in [3.8, 4) is 6.07 Å². The number of hydrogen-bond donors (Lipinski definition) is 0. The van der Waals surface area contributed by atoms with Crippen LogP contribution in [-0.2, 0) is 17.9 Å². The molecule has 0 aliphatic carbocycles. The lowest BCUT2D eigenvalue weighted by molar-refractivity contribution is 0.0944. The van der Waals surface area contributed by atoms with E-state index in [0.717, 1.165) is 11.1 Å². The summed E-state index contributed by atoms with van der Waals surface area (Å²) >= 11 is 0. The molecule has 22 heavy (non-hydrogen) atoms. The molecule has 5 heteroatoms. The second kappa shape index (κ2) is 8.42. The minimum Gasteiger partial charge on any atom is -0.445 e. The van der Waals surface area contributed by atoms with Gasteiger partial charge in [-0.25, -0.2) is 4.79 Å². The normalized spacial score (nSPS) is 9.77. The first kappa shape index (κ1) is 15.5. The van der Waals surface area contributed by atoms with Crippen LogP contribution < -0.4 is 0 Å². The van der Waals surface area contributed by atoms with Crippen molar-refractivity contribution in [1.29, 1.82) is 5.26 Å². The Morgan fingerprint density at radius 3 is 2.64 bits per heavy atom. The van der Waals surface area contributed by atoms with Crippen LogP contribution >= 0.6 is 0 Å². The van der Waals surface area contributed by atoms with Gasteiger partial charge in [0.15, 0.2) is 0 Å². The van der Waals surface area contributed by atoms with Gasteiger partial charge in [-0.05, 0) is 17.2 Å². The summed E-state index contributed by atoms with van der Waals surface area (Å²) in [6.45, 7) is 0.928. The van der Waals surface area contributed by atoms with Gasteiger partial charge in [-0.1, -0.05) is 36.4 Å². The van der Waals surface area contributed by atoms with Gasteiger partial charge in [-0.15, -0.1) is 0 Å². The number of amides is 1. The molecule has 0 aliphatic heterocycles. The van der Waals surface area contributed by atoms with Gasteiger partial charge in [-0.2, -0.15) is 5.26 Å². The first-order valence-corrected chi connectivity index (χ1v) is 7.01. The molecule has 0 N–H and O–H groups in total. The summed E-state index contributed by atoms with van der Waals surface area (Å²) in [6, 6.07) is 15.2. The highest BCUT2D eigenvalue weighted by molar-refractivity contribution is 5.67. The van der Waals surface area contributed by atoms with E-state index in [1.54, 1.807) is 12.4 Å². The van der Waals surface area contributed by atoms with E-state index < -0.39 is 6.09 Å². The lowest BCUT2D eigenvalue weighted by Crippen LogP contribution is -2.32. The second-order valence-electron chi connectivity index (χ2n) is 4.73. The predicted molar refractivity (Wildman–Crippen MR) is 81.5 cm³/mol. The molecule has 0 saturated carbocycles. The van der Waals surface area contributed by atoms with Crippen LogP contribution in [0.4, 0.5) is 4.79 Å². The Bertz CT molecular complexity index is 623. The second-order valence-corrected chi connectivity index (χ2v) is 4.73. The zero-order valence-electron chi connectivity index (χ0n) is 12.2. The van der Waals surface area contributed by atoms with Gasteiger partial charge in [-0.3, -0.25) is 4.98 Å². The average molecular weight is 295 g/mol. The maximum Gasteiger partial charge on any atom is 0.410 e.